The Labute approximate surface area is 175 Å². The maximum absolute atomic E-state index is 2.46. The van der Waals surface area contributed by atoms with Gasteiger partial charge in [0.05, 0.1) is 5.41 Å². The number of allylic oxidation sites excluding steroid dienone is 4. The van der Waals surface area contributed by atoms with E-state index in [0.717, 1.165) is 6.42 Å². The van der Waals surface area contributed by atoms with Crippen LogP contribution in [-0.2, 0) is 5.41 Å². The highest BCUT2D eigenvalue weighted by Crippen LogP contribution is 2.50. The summed E-state index contributed by atoms with van der Waals surface area (Å²) in [7, 11) is 0. The molecule has 0 heterocycles. The highest BCUT2D eigenvalue weighted by molar-refractivity contribution is 5.66. The molecule has 3 aromatic carbocycles. The molecule has 0 aromatic heterocycles. The van der Waals surface area contributed by atoms with Crippen molar-refractivity contribution in [3.8, 4) is 0 Å². The van der Waals surface area contributed by atoms with Crippen LogP contribution in [0.25, 0.3) is 0 Å². The Morgan fingerprint density at radius 1 is 0.586 bits per heavy atom. The minimum Gasteiger partial charge on any atom is -0.0754 e. The van der Waals surface area contributed by atoms with Crippen LogP contribution in [0.15, 0.2) is 95.6 Å². The Kier molecular flexibility index (Phi) is 5.04. The molecule has 0 amide bonds. The zero-order valence-corrected chi connectivity index (χ0v) is 18.2. The molecule has 0 bridgehead atoms. The number of hydrogen-bond donors (Lipinski definition) is 0. The molecular weight excluding hydrogens is 348 g/mol. The number of hydrogen-bond acceptors (Lipinski definition) is 0. The van der Waals surface area contributed by atoms with E-state index in [0.29, 0.717) is 0 Å². The van der Waals surface area contributed by atoms with Crippen molar-refractivity contribution in [2.75, 3.05) is 0 Å². The molecule has 0 spiro atoms. The van der Waals surface area contributed by atoms with Crippen LogP contribution in [0.5, 0.6) is 0 Å². The fourth-order valence-corrected chi connectivity index (χ4v) is 4.83. The van der Waals surface area contributed by atoms with Crippen LogP contribution in [0.1, 0.15) is 53.6 Å². The molecule has 146 valence electrons. The lowest BCUT2D eigenvalue weighted by atomic mass is 9.63. The van der Waals surface area contributed by atoms with E-state index in [-0.39, 0.29) is 5.41 Å². The van der Waals surface area contributed by atoms with Gasteiger partial charge in [-0.05, 0) is 68.9 Å². The maximum atomic E-state index is 2.46. The SMILES string of the molecule is CC1=C(C)C(C(c2cccc(C)c2)(c2cccc(C)c2)c2cccc(C)c2)=CC1. The molecule has 0 saturated heterocycles. The molecule has 29 heavy (non-hydrogen) atoms. The standard InChI is InChI=1S/C29H30/c1-20-9-6-12-25(17-20)29(26-13-7-10-21(2)18-26,27-14-8-11-22(3)19-27)28-16-15-23(4)24(28)5/h6-14,16-19H,15H2,1-5H3. The molecule has 0 fully saturated rings. The van der Waals surface area contributed by atoms with Crippen molar-refractivity contribution in [3.05, 3.63) is 129 Å². The first-order valence-electron chi connectivity index (χ1n) is 10.5. The average molecular weight is 379 g/mol. The van der Waals surface area contributed by atoms with Crippen LogP contribution in [0.2, 0.25) is 0 Å². The number of aryl methyl sites for hydroxylation is 3. The number of rotatable bonds is 4. The van der Waals surface area contributed by atoms with E-state index >= 15 is 0 Å². The Morgan fingerprint density at radius 3 is 1.31 bits per heavy atom. The highest BCUT2D eigenvalue weighted by Gasteiger charge is 2.42. The summed E-state index contributed by atoms with van der Waals surface area (Å²) in [6.07, 6.45) is 3.49. The predicted octanol–water partition coefficient (Wildman–Crippen LogP) is 7.61. The van der Waals surface area contributed by atoms with Crippen LogP contribution in [0, 0.1) is 20.8 Å². The molecule has 0 heteroatoms. The minimum atomic E-state index is -0.314. The smallest absolute Gasteiger partial charge is 0.0701 e. The number of benzene rings is 3. The van der Waals surface area contributed by atoms with Gasteiger partial charge in [-0.15, -0.1) is 0 Å². The van der Waals surface area contributed by atoms with E-state index in [4.69, 9.17) is 0 Å². The van der Waals surface area contributed by atoms with E-state index in [2.05, 4.69) is 113 Å². The topological polar surface area (TPSA) is 0 Å². The molecule has 0 radical (unpaired) electrons. The molecule has 0 N–H and O–H groups in total. The monoisotopic (exact) mass is 378 g/mol. The van der Waals surface area contributed by atoms with E-state index in [1.54, 1.807) is 0 Å². The summed E-state index contributed by atoms with van der Waals surface area (Å²) in [5, 5.41) is 0. The van der Waals surface area contributed by atoms with Crippen molar-refractivity contribution in [3.63, 3.8) is 0 Å². The van der Waals surface area contributed by atoms with Crippen LogP contribution < -0.4 is 0 Å². The molecule has 0 unspecified atom stereocenters. The third-order valence-corrected chi connectivity index (χ3v) is 6.41. The third-order valence-electron chi connectivity index (χ3n) is 6.41. The lowest BCUT2D eigenvalue weighted by Gasteiger charge is -2.39. The van der Waals surface area contributed by atoms with Gasteiger partial charge in [0.1, 0.15) is 0 Å². The molecule has 1 aliphatic rings. The summed E-state index contributed by atoms with van der Waals surface area (Å²) in [6.45, 7) is 11.1. The van der Waals surface area contributed by atoms with Crippen molar-refractivity contribution in [2.45, 2.75) is 46.5 Å². The second-order valence-electron chi connectivity index (χ2n) is 8.59. The van der Waals surface area contributed by atoms with Crippen LogP contribution >= 0.6 is 0 Å². The summed E-state index contributed by atoms with van der Waals surface area (Å²) in [5.41, 5.74) is 11.9. The summed E-state index contributed by atoms with van der Waals surface area (Å²) in [6, 6.07) is 27.2. The Morgan fingerprint density at radius 2 is 1.00 bits per heavy atom. The van der Waals surface area contributed by atoms with E-state index in [1.165, 1.54) is 50.1 Å². The molecule has 0 saturated carbocycles. The van der Waals surface area contributed by atoms with Crippen molar-refractivity contribution in [2.24, 2.45) is 0 Å². The second-order valence-corrected chi connectivity index (χ2v) is 8.59. The molecule has 1 aliphatic carbocycles. The molecule has 0 atom stereocenters. The normalized spacial score (nSPS) is 14.3. The lowest BCUT2D eigenvalue weighted by molar-refractivity contribution is 0.731. The fourth-order valence-electron chi connectivity index (χ4n) is 4.83. The second kappa shape index (κ2) is 7.52. The van der Waals surface area contributed by atoms with Gasteiger partial charge in [-0.3, -0.25) is 0 Å². The van der Waals surface area contributed by atoms with Crippen LogP contribution in [-0.4, -0.2) is 0 Å². The first kappa shape index (κ1) is 19.5. The van der Waals surface area contributed by atoms with Crippen molar-refractivity contribution < 1.29 is 0 Å². The largest absolute Gasteiger partial charge is 0.0754 e. The fraction of sp³-hybridized carbons (Fsp3) is 0.241. The first-order chi connectivity index (χ1) is 13.9. The summed E-state index contributed by atoms with van der Waals surface area (Å²) in [5.74, 6) is 0. The van der Waals surface area contributed by atoms with Gasteiger partial charge in [0.2, 0.25) is 0 Å². The van der Waals surface area contributed by atoms with E-state index in [1.807, 2.05) is 0 Å². The van der Waals surface area contributed by atoms with Gasteiger partial charge in [0.25, 0.3) is 0 Å². The van der Waals surface area contributed by atoms with Gasteiger partial charge in [-0.25, -0.2) is 0 Å². The minimum absolute atomic E-state index is 0.314. The molecular formula is C29H30. The van der Waals surface area contributed by atoms with Crippen molar-refractivity contribution >= 4 is 0 Å². The summed E-state index contributed by atoms with van der Waals surface area (Å²) >= 11 is 0. The third kappa shape index (κ3) is 3.27. The lowest BCUT2D eigenvalue weighted by Crippen LogP contribution is -2.32. The summed E-state index contributed by atoms with van der Waals surface area (Å²) < 4.78 is 0. The molecule has 3 aromatic rings. The van der Waals surface area contributed by atoms with Gasteiger partial charge in [-0.2, -0.15) is 0 Å². The molecule has 4 rings (SSSR count). The maximum Gasteiger partial charge on any atom is 0.0701 e. The quantitative estimate of drug-likeness (QED) is 0.410. The predicted molar refractivity (Wildman–Crippen MR) is 124 cm³/mol. The van der Waals surface area contributed by atoms with Gasteiger partial charge >= 0.3 is 0 Å². The Bertz CT molecular complexity index is 1010. The molecule has 0 nitrogen and oxygen atoms in total. The van der Waals surface area contributed by atoms with Gasteiger partial charge in [0.15, 0.2) is 0 Å². The average Bonchev–Trinajstić information content (AvgIpc) is 3.02. The van der Waals surface area contributed by atoms with Crippen LogP contribution in [0.4, 0.5) is 0 Å². The van der Waals surface area contributed by atoms with Crippen LogP contribution in [0.3, 0.4) is 0 Å². The zero-order chi connectivity index (χ0) is 20.6. The summed E-state index contributed by atoms with van der Waals surface area (Å²) in [4.78, 5) is 0. The van der Waals surface area contributed by atoms with E-state index < -0.39 is 0 Å². The molecule has 0 aliphatic heterocycles. The van der Waals surface area contributed by atoms with Crippen molar-refractivity contribution in [1.29, 1.82) is 0 Å². The zero-order valence-electron chi connectivity index (χ0n) is 18.2. The van der Waals surface area contributed by atoms with Gasteiger partial charge in [-0.1, -0.05) is 101 Å². The van der Waals surface area contributed by atoms with Gasteiger partial charge in [0, 0.05) is 0 Å². The Hall–Kier alpha value is -2.86. The van der Waals surface area contributed by atoms with Crippen molar-refractivity contribution in [1.82, 2.24) is 0 Å². The van der Waals surface area contributed by atoms with Gasteiger partial charge < -0.3 is 0 Å². The highest BCUT2D eigenvalue weighted by atomic mass is 14.4. The first-order valence-corrected chi connectivity index (χ1v) is 10.5. The van der Waals surface area contributed by atoms with E-state index in [9.17, 15) is 0 Å². The Balaban J connectivity index is 2.17.